The van der Waals surface area contributed by atoms with E-state index in [9.17, 15) is 26.3 Å². The summed E-state index contributed by atoms with van der Waals surface area (Å²) in [7, 11) is 0. The van der Waals surface area contributed by atoms with Gasteiger partial charge in [0, 0.05) is 5.56 Å². The predicted octanol–water partition coefficient (Wildman–Crippen LogP) is 4.32. The number of allylic oxidation sites excluding steroid dienone is 1. The number of para-hydroxylation sites is 1. The number of aryl methyl sites for hydroxylation is 1. The van der Waals surface area contributed by atoms with Gasteiger partial charge in [0.2, 0.25) is 5.41 Å². The van der Waals surface area contributed by atoms with E-state index in [-0.39, 0.29) is 10.7 Å². The Balaban J connectivity index is 2.50. The van der Waals surface area contributed by atoms with E-state index < -0.39 is 46.2 Å². The van der Waals surface area contributed by atoms with Gasteiger partial charge >= 0.3 is 12.4 Å². The van der Waals surface area contributed by atoms with Crippen LogP contribution in [-0.4, -0.2) is 22.1 Å². The molecule has 0 saturated carbocycles. The zero-order valence-electron chi connectivity index (χ0n) is 13.9. The molecule has 0 amide bonds. The van der Waals surface area contributed by atoms with E-state index in [4.69, 9.17) is 22.6 Å². The Bertz CT molecular complexity index is 1010. The lowest BCUT2D eigenvalue weighted by molar-refractivity contribution is -0.289. The predicted molar refractivity (Wildman–Crippen MR) is 87.5 cm³/mol. The first-order valence-electron chi connectivity index (χ1n) is 7.53. The SMILES string of the molecule is Cc1nn(-c2ccccc2Cl)c2c1C(C(F)(F)F)(C(F)(F)F)C(C#N)=C(N)N2. The minimum atomic E-state index is -5.92. The number of hydrogen-bond acceptors (Lipinski definition) is 4. The summed E-state index contributed by atoms with van der Waals surface area (Å²) in [4.78, 5) is 0. The van der Waals surface area contributed by atoms with Gasteiger partial charge in [-0.2, -0.15) is 36.7 Å². The summed E-state index contributed by atoms with van der Waals surface area (Å²) in [6.07, 6.45) is -11.8. The molecule has 0 bridgehead atoms. The van der Waals surface area contributed by atoms with E-state index >= 15 is 0 Å². The highest BCUT2D eigenvalue weighted by atomic mass is 35.5. The van der Waals surface area contributed by atoms with Crippen LogP contribution in [0.2, 0.25) is 5.02 Å². The second-order valence-electron chi connectivity index (χ2n) is 5.94. The summed E-state index contributed by atoms with van der Waals surface area (Å²) in [5, 5.41) is 15.2. The molecule has 0 spiro atoms. The first-order chi connectivity index (χ1) is 12.9. The summed E-state index contributed by atoms with van der Waals surface area (Å²) in [6, 6.07) is 6.74. The standard InChI is InChI=1S/C16H10ClF6N5/c1-7-11-13(28(27-7)10-5-3-2-4-9(10)17)26-12(25)8(6-24)14(11,15(18,19)20)16(21,22)23/h2-5,26H,25H2,1H3. The van der Waals surface area contributed by atoms with Gasteiger partial charge in [0.05, 0.1) is 22.0 Å². The number of nitrogens with two attached hydrogens (primary N) is 1. The van der Waals surface area contributed by atoms with Gasteiger partial charge in [-0.1, -0.05) is 23.7 Å². The largest absolute Gasteiger partial charge is 0.412 e. The lowest BCUT2D eigenvalue weighted by Gasteiger charge is -2.40. The van der Waals surface area contributed by atoms with Crippen LogP contribution < -0.4 is 11.1 Å². The first-order valence-corrected chi connectivity index (χ1v) is 7.91. The van der Waals surface area contributed by atoms with Crippen molar-refractivity contribution in [1.29, 1.82) is 5.26 Å². The third-order valence-corrected chi connectivity index (χ3v) is 4.70. The number of nitriles is 1. The lowest BCUT2D eigenvalue weighted by Crippen LogP contribution is -2.58. The normalized spacial score (nSPS) is 16.4. The molecule has 0 atom stereocenters. The molecule has 3 N–H and O–H groups in total. The summed E-state index contributed by atoms with van der Waals surface area (Å²) < 4.78 is 84.8. The Morgan fingerprint density at radius 3 is 2.25 bits per heavy atom. The van der Waals surface area contributed by atoms with Crippen molar-refractivity contribution in [3.63, 3.8) is 0 Å². The monoisotopic (exact) mass is 421 g/mol. The highest BCUT2D eigenvalue weighted by Crippen LogP contribution is 2.60. The van der Waals surface area contributed by atoms with Crippen LogP contribution in [0.25, 0.3) is 5.69 Å². The van der Waals surface area contributed by atoms with E-state index in [1.54, 1.807) is 0 Å². The summed E-state index contributed by atoms with van der Waals surface area (Å²) in [6.45, 7) is 0.983. The molecule has 0 unspecified atom stereocenters. The number of benzene rings is 1. The van der Waals surface area contributed by atoms with E-state index in [1.807, 2.05) is 0 Å². The fourth-order valence-corrected chi connectivity index (χ4v) is 3.49. The molecular formula is C16H10ClF6N5. The summed E-state index contributed by atoms with van der Waals surface area (Å²) in [5.41, 5.74) is -2.69. The third kappa shape index (κ3) is 2.44. The van der Waals surface area contributed by atoms with Crippen LogP contribution in [0.5, 0.6) is 0 Å². The fourth-order valence-electron chi connectivity index (χ4n) is 3.28. The van der Waals surface area contributed by atoms with Crippen molar-refractivity contribution >= 4 is 17.4 Å². The van der Waals surface area contributed by atoms with Gasteiger partial charge in [0.15, 0.2) is 0 Å². The van der Waals surface area contributed by atoms with Crippen molar-refractivity contribution < 1.29 is 26.3 Å². The van der Waals surface area contributed by atoms with Crippen LogP contribution in [0, 0.1) is 18.3 Å². The van der Waals surface area contributed by atoms with Crippen LogP contribution in [0.1, 0.15) is 11.3 Å². The van der Waals surface area contributed by atoms with Crippen LogP contribution in [0.15, 0.2) is 35.7 Å². The topological polar surface area (TPSA) is 79.7 Å². The van der Waals surface area contributed by atoms with Gasteiger partial charge in [0.25, 0.3) is 0 Å². The number of rotatable bonds is 1. The Kier molecular flexibility index (Phi) is 4.31. The molecule has 148 valence electrons. The number of anilines is 1. The molecule has 0 radical (unpaired) electrons. The molecule has 0 saturated heterocycles. The quantitative estimate of drug-likeness (QED) is 0.672. The van der Waals surface area contributed by atoms with Crippen LogP contribution in [0.3, 0.4) is 0 Å². The van der Waals surface area contributed by atoms with Crippen molar-refractivity contribution in [2.75, 3.05) is 5.32 Å². The molecule has 12 heteroatoms. The van der Waals surface area contributed by atoms with E-state index in [0.29, 0.717) is 0 Å². The van der Waals surface area contributed by atoms with E-state index in [0.717, 1.165) is 17.7 Å². The molecule has 1 aromatic heterocycles. The average molecular weight is 422 g/mol. The Hall–Kier alpha value is -2.87. The van der Waals surface area contributed by atoms with Crippen molar-refractivity contribution in [1.82, 2.24) is 9.78 Å². The number of nitrogens with one attached hydrogen (secondary N) is 1. The minimum Gasteiger partial charge on any atom is -0.384 e. The molecule has 28 heavy (non-hydrogen) atoms. The zero-order chi connectivity index (χ0) is 21.1. The number of nitrogens with zero attached hydrogens (tertiary/aromatic N) is 3. The molecule has 3 rings (SSSR count). The Morgan fingerprint density at radius 2 is 1.75 bits per heavy atom. The van der Waals surface area contributed by atoms with Gasteiger partial charge in [-0.05, 0) is 19.1 Å². The smallest absolute Gasteiger partial charge is 0.384 e. The second-order valence-corrected chi connectivity index (χ2v) is 6.35. The minimum absolute atomic E-state index is 0.0347. The van der Waals surface area contributed by atoms with Crippen LogP contribution >= 0.6 is 11.6 Å². The number of halogens is 7. The maximum atomic E-state index is 14.0. The first kappa shape index (κ1) is 19.9. The fraction of sp³-hybridized carbons (Fsp3) is 0.250. The zero-order valence-corrected chi connectivity index (χ0v) is 14.6. The van der Waals surface area contributed by atoms with Crippen molar-refractivity contribution in [2.24, 2.45) is 5.73 Å². The molecule has 1 aromatic carbocycles. The lowest BCUT2D eigenvalue weighted by atomic mass is 9.71. The maximum absolute atomic E-state index is 14.0. The molecule has 1 aliphatic rings. The van der Waals surface area contributed by atoms with Crippen molar-refractivity contribution in [3.8, 4) is 11.8 Å². The molecule has 5 nitrogen and oxygen atoms in total. The number of fused-ring (bicyclic) bond motifs is 1. The van der Waals surface area contributed by atoms with Crippen molar-refractivity contribution in [2.45, 2.75) is 24.7 Å². The van der Waals surface area contributed by atoms with Crippen LogP contribution in [-0.2, 0) is 5.41 Å². The number of alkyl halides is 6. The Labute approximate surface area is 159 Å². The Morgan fingerprint density at radius 1 is 1.18 bits per heavy atom. The number of aromatic nitrogens is 2. The highest BCUT2D eigenvalue weighted by Gasteiger charge is 2.77. The molecule has 1 aliphatic heterocycles. The highest BCUT2D eigenvalue weighted by molar-refractivity contribution is 6.32. The van der Waals surface area contributed by atoms with E-state index in [2.05, 4.69) is 10.4 Å². The van der Waals surface area contributed by atoms with Gasteiger partial charge in [-0.3, -0.25) is 0 Å². The van der Waals surface area contributed by atoms with Gasteiger partial charge in [-0.25, -0.2) is 4.68 Å². The molecule has 2 aromatic rings. The maximum Gasteiger partial charge on any atom is 0.412 e. The second kappa shape index (κ2) is 6.07. The summed E-state index contributed by atoms with van der Waals surface area (Å²) in [5.74, 6) is -1.74. The molecule has 0 fully saturated rings. The third-order valence-electron chi connectivity index (χ3n) is 4.38. The molecule has 2 heterocycles. The summed E-state index contributed by atoms with van der Waals surface area (Å²) >= 11 is 6.03. The molecule has 0 aliphatic carbocycles. The van der Waals surface area contributed by atoms with Crippen LogP contribution in [0.4, 0.5) is 32.2 Å². The van der Waals surface area contributed by atoms with Gasteiger partial charge in [0.1, 0.15) is 17.7 Å². The number of hydrogen-bond donors (Lipinski definition) is 2. The average Bonchev–Trinajstić information content (AvgIpc) is 2.88. The van der Waals surface area contributed by atoms with Gasteiger partial charge in [-0.15, -0.1) is 0 Å². The van der Waals surface area contributed by atoms with E-state index in [1.165, 1.54) is 24.3 Å². The van der Waals surface area contributed by atoms with Crippen molar-refractivity contribution in [3.05, 3.63) is 51.9 Å². The molecular weight excluding hydrogens is 412 g/mol. The van der Waals surface area contributed by atoms with Gasteiger partial charge < -0.3 is 11.1 Å².